The normalized spacial score (nSPS) is 9.73. The van der Waals surface area contributed by atoms with Crippen LogP contribution in [0, 0.1) is 0 Å². The summed E-state index contributed by atoms with van der Waals surface area (Å²) in [6.07, 6.45) is -0.311. The van der Waals surface area contributed by atoms with Crippen molar-refractivity contribution in [3.05, 3.63) is 29.8 Å². The van der Waals surface area contributed by atoms with Crippen molar-refractivity contribution in [2.45, 2.75) is 13.5 Å². The first-order valence-corrected chi connectivity index (χ1v) is 4.84. The van der Waals surface area contributed by atoms with Crippen LogP contribution in [0.25, 0.3) is 0 Å². The number of benzene rings is 1. The van der Waals surface area contributed by atoms with Crippen LogP contribution in [-0.2, 0) is 11.3 Å². The average molecular weight is 208 g/mol. The van der Waals surface area contributed by atoms with Gasteiger partial charge in [-0.25, -0.2) is 4.79 Å². The monoisotopic (exact) mass is 208 g/mol. The Hall–Kier alpha value is -1.71. The fourth-order valence-corrected chi connectivity index (χ4v) is 1.28. The molecule has 0 saturated carbocycles. The zero-order valence-electron chi connectivity index (χ0n) is 9.06. The van der Waals surface area contributed by atoms with Crippen molar-refractivity contribution >= 4 is 11.8 Å². The Bertz CT molecular complexity index is 322. The lowest BCUT2D eigenvalue weighted by molar-refractivity contribution is 0.123. The summed E-state index contributed by atoms with van der Waals surface area (Å²) in [4.78, 5) is 12.9. The summed E-state index contributed by atoms with van der Waals surface area (Å²) in [6.45, 7) is 3.08. The van der Waals surface area contributed by atoms with Crippen molar-refractivity contribution < 1.29 is 9.53 Å². The van der Waals surface area contributed by atoms with Gasteiger partial charge in [-0.3, -0.25) is 0 Å². The van der Waals surface area contributed by atoms with Crippen molar-refractivity contribution in [1.29, 1.82) is 0 Å². The number of nitrogen functional groups attached to an aromatic ring is 1. The van der Waals surface area contributed by atoms with Gasteiger partial charge in [0.15, 0.2) is 0 Å². The largest absolute Gasteiger partial charge is 0.453 e. The zero-order valence-corrected chi connectivity index (χ0v) is 9.06. The maximum Gasteiger partial charge on any atom is 0.409 e. The van der Waals surface area contributed by atoms with E-state index in [4.69, 9.17) is 5.73 Å². The predicted octanol–water partition coefficient (Wildman–Crippen LogP) is 1.86. The number of anilines is 1. The molecule has 0 aliphatic carbocycles. The lowest BCUT2D eigenvalue weighted by Crippen LogP contribution is -2.29. The molecule has 0 bridgehead atoms. The Morgan fingerprint density at radius 1 is 1.40 bits per heavy atom. The van der Waals surface area contributed by atoms with E-state index in [0.29, 0.717) is 13.1 Å². The summed E-state index contributed by atoms with van der Waals surface area (Å²) in [7, 11) is 1.38. The van der Waals surface area contributed by atoms with Gasteiger partial charge in [0.05, 0.1) is 7.11 Å². The van der Waals surface area contributed by atoms with Crippen molar-refractivity contribution in [2.24, 2.45) is 0 Å². The third-order valence-corrected chi connectivity index (χ3v) is 2.17. The molecule has 4 nitrogen and oxygen atoms in total. The van der Waals surface area contributed by atoms with Gasteiger partial charge in [-0.05, 0) is 24.6 Å². The first-order chi connectivity index (χ1) is 7.17. The van der Waals surface area contributed by atoms with Crippen LogP contribution in [0.4, 0.5) is 10.5 Å². The van der Waals surface area contributed by atoms with E-state index >= 15 is 0 Å². The molecule has 0 aromatic heterocycles. The van der Waals surface area contributed by atoms with Gasteiger partial charge in [-0.2, -0.15) is 0 Å². The predicted molar refractivity (Wildman–Crippen MR) is 59.3 cm³/mol. The highest BCUT2D eigenvalue weighted by Crippen LogP contribution is 2.09. The lowest BCUT2D eigenvalue weighted by Gasteiger charge is -2.19. The molecule has 0 aliphatic rings. The molecule has 0 aliphatic heterocycles. The van der Waals surface area contributed by atoms with E-state index in [0.717, 1.165) is 11.3 Å². The minimum Gasteiger partial charge on any atom is -0.453 e. The Kier molecular flexibility index (Phi) is 3.97. The zero-order chi connectivity index (χ0) is 11.3. The molecule has 1 amide bonds. The van der Waals surface area contributed by atoms with Gasteiger partial charge >= 0.3 is 6.09 Å². The Balaban J connectivity index is 2.66. The van der Waals surface area contributed by atoms with Gasteiger partial charge in [-0.1, -0.05) is 12.1 Å². The number of nitrogens with zero attached hydrogens (tertiary/aromatic N) is 1. The van der Waals surface area contributed by atoms with Crippen LogP contribution in [0.15, 0.2) is 24.3 Å². The maximum absolute atomic E-state index is 11.3. The molecular weight excluding hydrogens is 192 g/mol. The summed E-state index contributed by atoms with van der Waals surface area (Å²) in [5, 5.41) is 0. The molecule has 2 N–H and O–H groups in total. The van der Waals surface area contributed by atoms with E-state index < -0.39 is 0 Å². The first-order valence-electron chi connectivity index (χ1n) is 4.84. The van der Waals surface area contributed by atoms with Crippen LogP contribution < -0.4 is 5.73 Å². The molecule has 0 radical (unpaired) electrons. The second-order valence-electron chi connectivity index (χ2n) is 3.23. The number of nitrogens with two attached hydrogens (primary N) is 1. The van der Waals surface area contributed by atoms with Crippen LogP contribution in [-0.4, -0.2) is 24.6 Å². The number of carbonyl (C=O) groups is 1. The molecule has 82 valence electrons. The minimum absolute atomic E-state index is 0.311. The quantitative estimate of drug-likeness (QED) is 0.771. The minimum atomic E-state index is -0.311. The van der Waals surface area contributed by atoms with E-state index in [2.05, 4.69) is 4.74 Å². The molecule has 0 fully saturated rings. The van der Waals surface area contributed by atoms with E-state index in [1.807, 2.05) is 31.2 Å². The Morgan fingerprint density at radius 2 is 2.00 bits per heavy atom. The number of ether oxygens (including phenoxy) is 1. The van der Waals surface area contributed by atoms with Crippen molar-refractivity contribution in [2.75, 3.05) is 19.4 Å². The number of amides is 1. The highest BCUT2D eigenvalue weighted by atomic mass is 16.5. The molecule has 15 heavy (non-hydrogen) atoms. The average Bonchev–Trinajstić information content (AvgIpc) is 2.27. The van der Waals surface area contributed by atoms with Crippen LogP contribution in [0.2, 0.25) is 0 Å². The fourth-order valence-electron chi connectivity index (χ4n) is 1.28. The first kappa shape index (κ1) is 11.4. The van der Waals surface area contributed by atoms with E-state index in [1.54, 1.807) is 4.90 Å². The summed E-state index contributed by atoms with van der Waals surface area (Å²) in [6, 6.07) is 7.45. The molecule has 1 rings (SSSR count). The van der Waals surface area contributed by atoms with Crippen LogP contribution in [0.1, 0.15) is 12.5 Å². The van der Waals surface area contributed by atoms with Gasteiger partial charge in [0.2, 0.25) is 0 Å². The topological polar surface area (TPSA) is 55.6 Å². The van der Waals surface area contributed by atoms with Crippen LogP contribution >= 0.6 is 0 Å². The number of methoxy groups -OCH3 is 1. The molecule has 0 atom stereocenters. The highest BCUT2D eigenvalue weighted by molar-refractivity contribution is 5.67. The van der Waals surface area contributed by atoms with Gasteiger partial charge in [0, 0.05) is 18.8 Å². The van der Waals surface area contributed by atoms with Crippen molar-refractivity contribution in [3.63, 3.8) is 0 Å². The molecule has 1 aromatic rings. The lowest BCUT2D eigenvalue weighted by atomic mass is 10.2. The second-order valence-corrected chi connectivity index (χ2v) is 3.23. The summed E-state index contributed by atoms with van der Waals surface area (Å²) < 4.78 is 4.66. The second kappa shape index (κ2) is 5.24. The van der Waals surface area contributed by atoms with Crippen LogP contribution in [0.5, 0.6) is 0 Å². The van der Waals surface area contributed by atoms with Gasteiger partial charge in [0.25, 0.3) is 0 Å². The van der Waals surface area contributed by atoms with Crippen LogP contribution in [0.3, 0.4) is 0 Å². The highest BCUT2D eigenvalue weighted by Gasteiger charge is 2.11. The maximum atomic E-state index is 11.3. The molecule has 4 heteroatoms. The summed E-state index contributed by atoms with van der Waals surface area (Å²) in [5.74, 6) is 0. The molecular formula is C11H16N2O2. The SMILES string of the molecule is CCN(Cc1ccc(N)cc1)C(=O)OC. The summed E-state index contributed by atoms with van der Waals surface area (Å²) in [5.41, 5.74) is 7.33. The van der Waals surface area contributed by atoms with Crippen molar-refractivity contribution in [3.8, 4) is 0 Å². The molecule has 0 saturated heterocycles. The van der Waals surface area contributed by atoms with Gasteiger partial charge in [-0.15, -0.1) is 0 Å². The molecule has 0 spiro atoms. The number of hydrogen-bond acceptors (Lipinski definition) is 3. The number of rotatable bonds is 3. The third-order valence-electron chi connectivity index (χ3n) is 2.17. The Labute approximate surface area is 89.6 Å². The number of hydrogen-bond donors (Lipinski definition) is 1. The van der Waals surface area contributed by atoms with E-state index in [9.17, 15) is 4.79 Å². The summed E-state index contributed by atoms with van der Waals surface area (Å²) >= 11 is 0. The molecule has 0 unspecified atom stereocenters. The smallest absolute Gasteiger partial charge is 0.409 e. The number of carbonyl (C=O) groups excluding carboxylic acids is 1. The van der Waals surface area contributed by atoms with Gasteiger partial charge < -0.3 is 15.4 Å². The molecule has 0 heterocycles. The third kappa shape index (κ3) is 3.16. The molecule has 1 aromatic carbocycles. The standard InChI is InChI=1S/C11H16N2O2/c1-3-13(11(14)15-2)8-9-4-6-10(12)7-5-9/h4-7H,3,8,12H2,1-2H3. The van der Waals surface area contributed by atoms with E-state index in [1.165, 1.54) is 7.11 Å². The van der Waals surface area contributed by atoms with Crippen molar-refractivity contribution in [1.82, 2.24) is 4.90 Å². The Morgan fingerprint density at radius 3 is 2.47 bits per heavy atom. The van der Waals surface area contributed by atoms with E-state index in [-0.39, 0.29) is 6.09 Å². The fraction of sp³-hybridized carbons (Fsp3) is 0.364. The van der Waals surface area contributed by atoms with Gasteiger partial charge in [0.1, 0.15) is 0 Å².